The van der Waals surface area contributed by atoms with Crippen molar-refractivity contribution in [1.29, 1.82) is 0 Å². The van der Waals surface area contributed by atoms with E-state index in [2.05, 4.69) is 15.9 Å². The van der Waals surface area contributed by atoms with Gasteiger partial charge in [-0.2, -0.15) is 0 Å². The molecule has 1 aliphatic rings. The lowest BCUT2D eigenvalue weighted by Gasteiger charge is -2.22. The Morgan fingerprint density at radius 2 is 2.23 bits per heavy atom. The van der Waals surface area contributed by atoms with E-state index in [1.54, 1.807) is 0 Å². The molecule has 2 nitrogen and oxygen atoms in total. The van der Waals surface area contributed by atoms with Gasteiger partial charge in [-0.15, -0.1) is 0 Å². The molecule has 1 aliphatic carbocycles. The van der Waals surface area contributed by atoms with Gasteiger partial charge in [0.15, 0.2) is 0 Å². The van der Waals surface area contributed by atoms with Gasteiger partial charge in [0.1, 0.15) is 5.75 Å². The van der Waals surface area contributed by atoms with Crippen molar-refractivity contribution in [2.45, 2.75) is 25.3 Å². The van der Waals surface area contributed by atoms with Crippen LogP contribution in [0.25, 0.3) is 0 Å². The fourth-order valence-electron chi connectivity index (χ4n) is 1.85. The summed E-state index contributed by atoms with van der Waals surface area (Å²) in [5, 5.41) is 9.47. The van der Waals surface area contributed by atoms with E-state index in [1.807, 2.05) is 12.1 Å². The van der Waals surface area contributed by atoms with E-state index in [1.165, 1.54) is 11.1 Å². The van der Waals surface area contributed by atoms with Crippen LogP contribution in [0.4, 0.5) is 0 Å². The van der Waals surface area contributed by atoms with Crippen LogP contribution >= 0.6 is 15.9 Å². The highest BCUT2D eigenvalue weighted by molar-refractivity contribution is 9.10. The van der Waals surface area contributed by atoms with Gasteiger partial charge in [-0.1, -0.05) is 0 Å². The predicted octanol–water partition coefficient (Wildman–Crippen LogP) is 2.49. The van der Waals surface area contributed by atoms with Crippen molar-refractivity contribution >= 4 is 15.9 Å². The van der Waals surface area contributed by atoms with E-state index in [-0.39, 0.29) is 6.04 Å². The summed E-state index contributed by atoms with van der Waals surface area (Å²) >= 11 is 3.30. The molecular weight excluding hydrogens is 230 g/mol. The first kappa shape index (κ1) is 9.03. The number of rotatable bonds is 0. The van der Waals surface area contributed by atoms with Crippen LogP contribution in [0, 0.1) is 0 Å². The van der Waals surface area contributed by atoms with Crippen molar-refractivity contribution < 1.29 is 5.11 Å². The number of nitrogens with two attached hydrogens (primary N) is 1. The molecule has 0 saturated carbocycles. The fraction of sp³-hybridized carbons (Fsp3) is 0.400. The van der Waals surface area contributed by atoms with E-state index in [0.717, 1.165) is 23.7 Å². The number of hydrogen-bond donors (Lipinski definition) is 2. The van der Waals surface area contributed by atoms with Gasteiger partial charge in [-0.25, -0.2) is 0 Å². The molecule has 1 atom stereocenters. The first-order valence-electron chi connectivity index (χ1n) is 4.45. The van der Waals surface area contributed by atoms with E-state index < -0.39 is 0 Å². The van der Waals surface area contributed by atoms with Crippen LogP contribution in [0.2, 0.25) is 0 Å². The second-order valence-corrected chi connectivity index (χ2v) is 4.36. The van der Waals surface area contributed by atoms with Crippen molar-refractivity contribution in [2.75, 3.05) is 0 Å². The summed E-state index contributed by atoms with van der Waals surface area (Å²) in [5.74, 6) is 0.313. The minimum Gasteiger partial charge on any atom is -0.507 e. The summed E-state index contributed by atoms with van der Waals surface area (Å²) < 4.78 is 0.739. The van der Waals surface area contributed by atoms with Gasteiger partial charge in [0, 0.05) is 6.04 Å². The van der Waals surface area contributed by atoms with Crippen LogP contribution in [-0.4, -0.2) is 5.11 Å². The maximum Gasteiger partial charge on any atom is 0.130 e. The molecule has 0 spiro atoms. The molecule has 13 heavy (non-hydrogen) atoms. The molecule has 70 valence electrons. The average molecular weight is 242 g/mol. The van der Waals surface area contributed by atoms with Crippen molar-refractivity contribution in [2.24, 2.45) is 5.73 Å². The molecule has 0 heterocycles. The molecule has 0 fully saturated rings. The number of aromatic hydroxyl groups is 1. The quantitative estimate of drug-likeness (QED) is 0.734. The van der Waals surface area contributed by atoms with Crippen molar-refractivity contribution in [3.8, 4) is 5.75 Å². The van der Waals surface area contributed by atoms with Gasteiger partial charge in [0.25, 0.3) is 0 Å². The number of phenolic OH excluding ortho intramolecular Hbond substituents is 1. The molecule has 0 bridgehead atoms. The Morgan fingerprint density at radius 3 is 3.00 bits per heavy atom. The molecule has 0 aromatic heterocycles. The van der Waals surface area contributed by atoms with Gasteiger partial charge >= 0.3 is 0 Å². The number of aryl methyl sites for hydroxylation is 1. The van der Waals surface area contributed by atoms with E-state index in [4.69, 9.17) is 5.73 Å². The van der Waals surface area contributed by atoms with Gasteiger partial charge < -0.3 is 10.8 Å². The van der Waals surface area contributed by atoms with E-state index >= 15 is 0 Å². The summed E-state index contributed by atoms with van der Waals surface area (Å²) in [6.45, 7) is 0. The number of phenols is 1. The molecule has 1 unspecified atom stereocenters. The fourth-order valence-corrected chi connectivity index (χ4v) is 2.21. The van der Waals surface area contributed by atoms with Crippen molar-refractivity contribution in [3.05, 3.63) is 27.7 Å². The first-order valence-corrected chi connectivity index (χ1v) is 5.24. The molecule has 0 amide bonds. The van der Waals surface area contributed by atoms with Crippen LogP contribution in [0.15, 0.2) is 16.6 Å². The summed E-state index contributed by atoms with van der Waals surface area (Å²) in [5.41, 5.74) is 8.33. The highest BCUT2D eigenvalue weighted by Crippen LogP contribution is 2.35. The van der Waals surface area contributed by atoms with Crippen molar-refractivity contribution in [1.82, 2.24) is 0 Å². The van der Waals surface area contributed by atoms with Crippen LogP contribution < -0.4 is 5.73 Å². The second kappa shape index (κ2) is 3.31. The molecule has 0 aliphatic heterocycles. The van der Waals surface area contributed by atoms with Crippen molar-refractivity contribution in [3.63, 3.8) is 0 Å². The summed E-state index contributed by atoms with van der Waals surface area (Å²) in [4.78, 5) is 0. The Hall–Kier alpha value is -0.540. The predicted molar refractivity (Wildman–Crippen MR) is 55.7 cm³/mol. The van der Waals surface area contributed by atoms with Crippen LogP contribution in [0.3, 0.4) is 0 Å². The Labute approximate surface area is 85.9 Å². The SMILES string of the molecule is NC1CCCc2cc(O)c(Br)cc21. The topological polar surface area (TPSA) is 46.2 Å². The maximum absolute atomic E-state index is 9.47. The summed E-state index contributed by atoms with van der Waals surface area (Å²) in [6, 6.07) is 3.90. The lowest BCUT2D eigenvalue weighted by atomic mass is 9.88. The van der Waals surface area contributed by atoms with E-state index in [0.29, 0.717) is 5.75 Å². The monoisotopic (exact) mass is 241 g/mol. The van der Waals surface area contributed by atoms with Crippen LogP contribution in [-0.2, 0) is 6.42 Å². The Kier molecular flexibility index (Phi) is 2.30. The minimum absolute atomic E-state index is 0.139. The zero-order valence-electron chi connectivity index (χ0n) is 7.26. The Balaban J connectivity index is 2.52. The summed E-state index contributed by atoms with van der Waals surface area (Å²) in [6.07, 6.45) is 3.20. The summed E-state index contributed by atoms with van der Waals surface area (Å²) in [7, 11) is 0. The normalized spacial score (nSPS) is 21.2. The molecule has 0 saturated heterocycles. The maximum atomic E-state index is 9.47. The smallest absolute Gasteiger partial charge is 0.130 e. The number of halogens is 1. The van der Waals surface area contributed by atoms with Gasteiger partial charge in [-0.3, -0.25) is 0 Å². The highest BCUT2D eigenvalue weighted by atomic mass is 79.9. The third kappa shape index (κ3) is 1.58. The van der Waals surface area contributed by atoms with Gasteiger partial charge in [0.2, 0.25) is 0 Å². The van der Waals surface area contributed by atoms with Crippen LogP contribution in [0.5, 0.6) is 5.75 Å². The molecular formula is C10H12BrNO. The zero-order valence-corrected chi connectivity index (χ0v) is 8.84. The second-order valence-electron chi connectivity index (χ2n) is 3.50. The molecule has 3 heteroatoms. The minimum atomic E-state index is 0.139. The Morgan fingerprint density at radius 1 is 1.46 bits per heavy atom. The highest BCUT2D eigenvalue weighted by Gasteiger charge is 2.18. The Bertz CT molecular complexity index is 338. The third-order valence-corrected chi connectivity index (χ3v) is 3.20. The lowest BCUT2D eigenvalue weighted by molar-refractivity contribution is 0.468. The molecule has 1 aromatic rings. The zero-order chi connectivity index (χ0) is 9.42. The molecule has 3 N–H and O–H groups in total. The number of fused-ring (bicyclic) bond motifs is 1. The molecule has 1 aromatic carbocycles. The van der Waals surface area contributed by atoms with E-state index in [9.17, 15) is 5.11 Å². The largest absolute Gasteiger partial charge is 0.507 e. The number of benzene rings is 1. The average Bonchev–Trinajstić information content (AvgIpc) is 2.09. The third-order valence-electron chi connectivity index (χ3n) is 2.57. The van der Waals surface area contributed by atoms with Gasteiger partial charge in [-0.05, 0) is 58.5 Å². The van der Waals surface area contributed by atoms with Crippen LogP contribution in [0.1, 0.15) is 30.0 Å². The lowest BCUT2D eigenvalue weighted by Crippen LogP contribution is -2.17. The van der Waals surface area contributed by atoms with Gasteiger partial charge in [0.05, 0.1) is 4.47 Å². The molecule has 2 rings (SSSR count). The first-order chi connectivity index (χ1) is 6.18. The standard InChI is InChI=1S/C10H12BrNO/c11-8-5-7-6(4-10(8)13)2-1-3-9(7)12/h4-5,9,13H,1-3,12H2. The number of hydrogen-bond acceptors (Lipinski definition) is 2. The molecule has 0 radical (unpaired) electrons.